The SMILES string of the molecule is CCCC(NC(=O)c1cc2ccccc2[nH]1)c1cccs1. The standard InChI is InChI=1S/C17H18N2OS/c1-2-6-14(16-9-5-10-21-16)19-17(20)15-11-12-7-3-4-8-13(12)18-15/h3-5,7-11,14,18H,2,6H2,1H3,(H,19,20). The number of para-hydroxylation sites is 1. The zero-order valence-electron chi connectivity index (χ0n) is 11.9. The van der Waals surface area contributed by atoms with E-state index in [0.717, 1.165) is 23.7 Å². The number of carbonyl (C=O) groups excluding carboxylic acids is 1. The molecule has 0 fully saturated rings. The minimum absolute atomic E-state index is 0.0435. The van der Waals surface area contributed by atoms with Crippen LogP contribution < -0.4 is 5.32 Å². The summed E-state index contributed by atoms with van der Waals surface area (Å²) in [7, 11) is 0. The highest BCUT2D eigenvalue weighted by Gasteiger charge is 2.17. The number of carbonyl (C=O) groups is 1. The summed E-state index contributed by atoms with van der Waals surface area (Å²) in [6, 6.07) is 14.0. The normalized spacial score (nSPS) is 12.4. The maximum absolute atomic E-state index is 12.5. The highest BCUT2D eigenvalue weighted by Crippen LogP contribution is 2.24. The third kappa shape index (κ3) is 3.00. The minimum atomic E-state index is -0.0435. The smallest absolute Gasteiger partial charge is 0.268 e. The molecule has 108 valence electrons. The second-order valence-electron chi connectivity index (χ2n) is 5.10. The van der Waals surface area contributed by atoms with Gasteiger partial charge in [0.25, 0.3) is 5.91 Å². The fourth-order valence-electron chi connectivity index (χ4n) is 2.50. The Morgan fingerprint density at radius 1 is 1.29 bits per heavy atom. The fourth-order valence-corrected chi connectivity index (χ4v) is 3.31. The average molecular weight is 298 g/mol. The van der Waals surface area contributed by atoms with Crippen LogP contribution in [-0.4, -0.2) is 10.9 Å². The van der Waals surface area contributed by atoms with Gasteiger partial charge in [-0.05, 0) is 30.0 Å². The number of amides is 1. The molecular formula is C17H18N2OS. The summed E-state index contributed by atoms with van der Waals surface area (Å²) in [5.41, 5.74) is 1.61. The number of fused-ring (bicyclic) bond motifs is 1. The first-order valence-corrected chi connectivity index (χ1v) is 8.08. The summed E-state index contributed by atoms with van der Waals surface area (Å²) in [6.45, 7) is 2.13. The van der Waals surface area contributed by atoms with E-state index in [1.807, 2.05) is 41.8 Å². The van der Waals surface area contributed by atoms with Gasteiger partial charge < -0.3 is 10.3 Å². The van der Waals surface area contributed by atoms with E-state index in [2.05, 4.69) is 23.3 Å². The lowest BCUT2D eigenvalue weighted by atomic mass is 10.1. The first-order chi connectivity index (χ1) is 10.3. The van der Waals surface area contributed by atoms with Gasteiger partial charge in [0.1, 0.15) is 5.69 Å². The highest BCUT2D eigenvalue weighted by atomic mass is 32.1. The third-order valence-corrected chi connectivity index (χ3v) is 4.53. The summed E-state index contributed by atoms with van der Waals surface area (Å²) in [6.07, 6.45) is 1.99. The molecule has 0 aliphatic rings. The predicted octanol–water partition coefficient (Wildman–Crippen LogP) is 4.50. The van der Waals surface area contributed by atoms with E-state index in [1.165, 1.54) is 4.88 Å². The number of H-pyrrole nitrogens is 1. The molecule has 1 atom stereocenters. The molecule has 1 unspecified atom stereocenters. The van der Waals surface area contributed by atoms with Crippen molar-refractivity contribution in [1.29, 1.82) is 0 Å². The molecule has 0 aliphatic heterocycles. The summed E-state index contributed by atoms with van der Waals surface area (Å²) >= 11 is 1.69. The zero-order valence-corrected chi connectivity index (χ0v) is 12.7. The lowest BCUT2D eigenvalue weighted by Crippen LogP contribution is -2.28. The number of aromatic amines is 1. The number of thiophene rings is 1. The Balaban J connectivity index is 1.80. The Bertz CT molecular complexity index is 697. The highest BCUT2D eigenvalue weighted by molar-refractivity contribution is 7.10. The molecule has 1 amide bonds. The summed E-state index contributed by atoms with van der Waals surface area (Å²) < 4.78 is 0. The molecule has 0 spiro atoms. The average Bonchev–Trinajstić information content (AvgIpc) is 3.16. The maximum Gasteiger partial charge on any atom is 0.268 e. The van der Waals surface area contributed by atoms with Crippen LogP contribution in [0.2, 0.25) is 0 Å². The number of rotatable bonds is 5. The lowest BCUT2D eigenvalue weighted by Gasteiger charge is -2.16. The fraction of sp³-hybridized carbons (Fsp3) is 0.235. The topological polar surface area (TPSA) is 44.9 Å². The van der Waals surface area contributed by atoms with E-state index in [0.29, 0.717) is 5.69 Å². The number of nitrogens with one attached hydrogen (secondary N) is 2. The number of benzene rings is 1. The van der Waals surface area contributed by atoms with Crippen molar-refractivity contribution in [3.05, 3.63) is 58.4 Å². The van der Waals surface area contributed by atoms with Gasteiger partial charge in [0.15, 0.2) is 0 Å². The number of hydrogen-bond donors (Lipinski definition) is 2. The van der Waals surface area contributed by atoms with Gasteiger partial charge >= 0.3 is 0 Å². The molecule has 3 nitrogen and oxygen atoms in total. The Morgan fingerprint density at radius 2 is 2.14 bits per heavy atom. The Hall–Kier alpha value is -2.07. The van der Waals surface area contributed by atoms with E-state index < -0.39 is 0 Å². The molecule has 0 bridgehead atoms. The minimum Gasteiger partial charge on any atom is -0.351 e. The van der Waals surface area contributed by atoms with Gasteiger partial charge in [-0.25, -0.2) is 0 Å². The quantitative estimate of drug-likeness (QED) is 0.715. The molecule has 2 heterocycles. The maximum atomic E-state index is 12.5. The van der Waals surface area contributed by atoms with Gasteiger partial charge in [-0.2, -0.15) is 0 Å². The molecule has 2 N–H and O–H groups in total. The Labute approximate surface area is 128 Å². The van der Waals surface area contributed by atoms with Gasteiger partial charge in [0.2, 0.25) is 0 Å². The van der Waals surface area contributed by atoms with E-state index in [4.69, 9.17) is 0 Å². The van der Waals surface area contributed by atoms with Gasteiger partial charge in [-0.3, -0.25) is 4.79 Å². The van der Waals surface area contributed by atoms with Crippen molar-refractivity contribution in [2.24, 2.45) is 0 Å². The van der Waals surface area contributed by atoms with Crippen LogP contribution in [0.25, 0.3) is 10.9 Å². The predicted molar refractivity (Wildman–Crippen MR) is 87.7 cm³/mol. The summed E-state index contributed by atoms with van der Waals surface area (Å²) in [4.78, 5) is 16.8. The van der Waals surface area contributed by atoms with E-state index in [1.54, 1.807) is 11.3 Å². The van der Waals surface area contributed by atoms with Crippen LogP contribution in [0.1, 0.15) is 41.2 Å². The second kappa shape index (κ2) is 6.14. The van der Waals surface area contributed by atoms with Crippen molar-refractivity contribution in [3.63, 3.8) is 0 Å². The third-order valence-electron chi connectivity index (χ3n) is 3.54. The Morgan fingerprint density at radius 3 is 2.86 bits per heavy atom. The van der Waals surface area contributed by atoms with Crippen molar-refractivity contribution >= 4 is 28.1 Å². The molecule has 0 radical (unpaired) electrons. The van der Waals surface area contributed by atoms with Crippen molar-refractivity contribution in [2.75, 3.05) is 0 Å². The van der Waals surface area contributed by atoms with Crippen molar-refractivity contribution in [2.45, 2.75) is 25.8 Å². The lowest BCUT2D eigenvalue weighted by molar-refractivity contribution is 0.0931. The molecule has 0 saturated carbocycles. The van der Waals surface area contributed by atoms with Crippen molar-refractivity contribution < 1.29 is 4.79 Å². The van der Waals surface area contributed by atoms with E-state index in [9.17, 15) is 4.79 Å². The van der Waals surface area contributed by atoms with Crippen molar-refractivity contribution in [1.82, 2.24) is 10.3 Å². The zero-order chi connectivity index (χ0) is 14.7. The summed E-state index contributed by atoms with van der Waals surface area (Å²) in [5.74, 6) is -0.0435. The van der Waals surface area contributed by atoms with Crippen LogP contribution in [0.5, 0.6) is 0 Å². The van der Waals surface area contributed by atoms with Crippen LogP contribution >= 0.6 is 11.3 Å². The molecule has 2 aromatic heterocycles. The molecule has 3 aromatic rings. The van der Waals surface area contributed by atoms with Gasteiger partial charge in [-0.15, -0.1) is 11.3 Å². The largest absolute Gasteiger partial charge is 0.351 e. The van der Waals surface area contributed by atoms with Crippen LogP contribution in [0.15, 0.2) is 47.8 Å². The molecule has 0 saturated heterocycles. The molecule has 21 heavy (non-hydrogen) atoms. The first-order valence-electron chi connectivity index (χ1n) is 7.20. The number of aromatic nitrogens is 1. The molecule has 0 aliphatic carbocycles. The van der Waals surface area contributed by atoms with E-state index >= 15 is 0 Å². The van der Waals surface area contributed by atoms with Gasteiger partial charge in [0.05, 0.1) is 6.04 Å². The first kappa shape index (κ1) is 13.9. The Kier molecular flexibility index (Phi) is 4.06. The molecule has 3 rings (SSSR count). The van der Waals surface area contributed by atoms with Crippen LogP contribution in [-0.2, 0) is 0 Å². The molecular weight excluding hydrogens is 280 g/mol. The number of hydrogen-bond acceptors (Lipinski definition) is 2. The van der Waals surface area contributed by atoms with Crippen molar-refractivity contribution in [3.8, 4) is 0 Å². The van der Waals surface area contributed by atoms with Crippen LogP contribution in [0.3, 0.4) is 0 Å². The monoisotopic (exact) mass is 298 g/mol. The van der Waals surface area contributed by atoms with Crippen LogP contribution in [0, 0.1) is 0 Å². The van der Waals surface area contributed by atoms with Gasteiger partial charge in [0, 0.05) is 15.8 Å². The van der Waals surface area contributed by atoms with E-state index in [-0.39, 0.29) is 11.9 Å². The molecule has 1 aromatic carbocycles. The summed E-state index contributed by atoms with van der Waals surface area (Å²) in [5, 5.41) is 6.25. The molecule has 4 heteroatoms. The van der Waals surface area contributed by atoms with Crippen LogP contribution in [0.4, 0.5) is 0 Å². The second-order valence-corrected chi connectivity index (χ2v) is 6.08. The van der Waals surface area contributed by atoms with Gasteiger partial charge in [-0.1, -0.05) is 37.6 Å².